The van der Waals surface area contributed by atoms with E-state index < -0.39 is 30.0 Å². The van der Waals surface area contributed by atoms with Crippen LogP contribution in [0.3, 0.4) is 0 Å². The molecule has 0 spiro atoms. The fourth-order valence-electron chi connectivity index (χ4n) is 4.30. The van der Waals surface area contributed by atoms with E-state index >= 15 is 0 Å². The van der Waals surface area contributed by atoms with Crippen LogP contribution in [0.15, 0.2) is 78.4 Å². The molecule has 0 fully saturated rings. The van der Waals surface area contributed by atoms with E-state index in [9.17, 15) is 16.8 Å². The number of hydrogen-bond acceptors (Lipinski definition) is 5. The Balaban J connectivity index is 0.00000204. The molecule has 1 aliphatic heterocycles. The molecule has 0 bridgehead atoms. The molecule has 0 saturated heterocycles. The van der Waals surface area contributed by atoms with Crippen molar-refractivity contribution >= 4 is 85.2 Å². The Hall–Kier alpha value is -0.560. The molecule has 170 valence electrons. The number of aryl methyl sites for hydroxylation is 1. The number of nitrogens with one attached hydrogen (secondary N) is 1. The van der Waals surface area contributed by atoms with Crippen LogP contribution >= 0.6 is 0 Å². The van der Waals surface area contributed by atoms with E-state index in [1.165, 1.54) is 18.2 Å². The van der Waals surface area contributed by atoms with E-state index in [4.69, 9.17) is 10.3 Å². The largest absolute Gasteiger partial charge is 0.302 e. The zero-order valence-electron chi connectivity index (χ0n) is 19.5. The quantitative estimate of drug-likeness (QED) is 0.517. The first-order valence-electron chi connectivity index (χ1n) is 10.0. The molecule has 2 aromatic rings. The van der Waals surface area contributed by atoms with Crippen LogP contribution in [0.2, 0.25) is 0 Å². The fraction of sp³-hybridized carbons (Fsp3) is 0.217. The maximum Gasteiger partial charge on any atom is 0.235 e. The van der Waals surface area contributed by atoms with Crippen molar-refractivity contribution in [2.75, 3.05) is 0 Å². The maximum atomic E-state index is 12.8. The second kappa shape index (κ2) is 11.2. The molecule has 7 nitrogen and oxygen atoms in total. The van der Waals surface area contributed by atoms with Crippen LogP contribution in [0.5, 0.6) is 0 Å². The number of hydrogen-bond donors (Lipinski definition) is 3. The summed E-state index contributed by atoms with van der Waals surface area (Å²) in [5, 5.41) is 14.4. The Labute approximate surface area is 245 Å². The van der Waals surface area contributed by atoms with Crippen molar-refractivity contribution in [3.05, 3.63) is 101 Å². The van der Waals surface area contributed by atoms with Gasteiger partial charge in [0.05, 0.1) is 6.04 Å². The monoisotopic (exact) mass is 517 g/mol. The Kier molecular flexibility index (Phi) is 9.80. The molecule has 1 heterocycles. The van der Waals surface area contributed by atoms with E-state index in [1.807, 2.05) is 55.5 Å². The summed E-state index contributed by atoms with van der Waals surface area (Å²) in [6.45, 7) is 2.53. The number of sulfonamides is 2. The molecular weight excluding hydrogens is 492 g/mol. The second-order valence-corrected chi connectivity index (χ2v) is 11.9. The minimum atomic E-state index is -4.66. The van der Waals surface area contributed by atoms with Gasteiger partial charge in [0.25, 0.3) is 0 Å². The van der Waals surface area contributed by atoms with Crippen molar-refractivity contribution in [2.24, 2.45) is 16.2 Å². The van der Waals surface area contributed by atoms with Gasteiger partial charge in [0.2, 0.25) is 24.1 Å². The van der Waals surface area contributed by atoms with Crippen molar-refractivity contribution in [3.8, 4) is 0 Å². The van der Waals surface area contributed by atoms with Crippen LogP contribution < -0.4 is 15.6 Å². The molecular formula is C23H25N3Na2O4S2. The average Bonchev–Trinajstić information content (AvgIpc) is 3.16. The molecule has 0 aromatic heterocycles. The van der Waals surface area contributed by atoms with Crippen molar-refractivity contribution in [3.63, 3.8) is 0 Å². The van der Waals surface area contributed by atoms with E-state index in [-0.39, 0.29) is 65.2 Å². The van der Waals surface area contributed by atoms with E-state index in [0.717, 1.165) is 22.3 Å². The molecule has 2 radical (unpaired) electrons. The summed E-state index contributed by atoms with van der Waals surface area (Å²) in [6.07, 6.45) is 7.65. The van der Waals surface area contributed by atoms with Gasteiger partial charge in [0, 0.05) is 71.6 Å². The molecule has 0 amide bonds. The minimum Gasteiger partial charge on any atom is -0.302 e. The zero-order chi connectivity index (χ0) is 23.1. The molecule has 2 unspecified atom stereocenters. The summed E-state index contributed by atoms with van der Waals surface area (Å²) < 4.78 is 48.7. The van der Waals surface area contributed by atoms with E-state index in [1.54, 1.807) is 12.2 Å². The van der Waals surface area contributed by atoms with Gasteiger partial charge in [-0.2, -0.15) is 0 Å². The minimum absolute atomic E-state index is 0. The predicted molar refractivity (Wildman–Crippen MR) is 137 cm³/mol. The summed E-state index contributed by atoms with van der Waals surface area (Å²) in [6, 6.07) is 14.8. The van der Waals surface area contributed by atoms with Gasteiger partial charge in [0.1, 0.15) is 0 Å². The van der Waals surface area contributed by atoms with Crippen molar-refractivity contribution in [1.82, 2.24) is 5.32 Å². The summed E-state index contributed by atoms with van der Waals surface area (Å²) in [5.74, 6) is -1.10. The van der Waals surface area contributed by atoms with E-state index in [0.29, 0.717) is 12.1 Å². The topological polar surface area (TPSA) is 132 Å². The molecule has 2 aliphatic rings. The fourth-order valence-corrected chi connectivity index (χ4v) is 7.27. The first-order valence-corrected chi connectivity index (χ1v) is 13.1. The van der Waals surface area contributed by atoms with Crippen LogP contribution in [0.25, 0.3) is 6.08 Å². The predicted octanol–water partition coefficient (Wildman–Crippen LogP) is 1.48. The van der Waals surface area contributed by atoms with Crippen LogP contribution in [-0.4, -0.2) is 80.0 Å². The van der Waals surface area contributed by atoms with Crippen molar-refractivity contribution < 1.29 is 16.8 Å². The molecule has 2 aromatic carbocycles. The van der Waals surface area contributed by atoms with Gasteiger partial charge in [-0.05, 0) is 35.3 Å². The molecule has 4 rings (SSSR count). The Bertz CT molecular complexity index is 1320. The van der Waals surface area contributed by atoms with Crippen LogP contribution in [0.4, 0.5) is 0 Å². The zero-order valence-corrected chi connectivity index (χ0v) is 25.1. The third kappa shape index (κ3) is 5.55. The molecule has 2 atom stereocenters. The summed E-state index contributed by atoms with van der Waals surface area (Å²) in [7, 11) is -9.33. The van der Waals surface area contributed by atoms with Crippen LogP contribution in [0, 0.1) is 12.8 Å². The number of primary sulfonamides is 2. The Morgan fingerprint density at radius 1 is 0.971 bits per heavy atom. The maximum absolute atomic E-state index is 12.8. The molecule has 0 saturated carbocycles. The molecule has 34 heavy (non-hydrogen) atoms. The van der Waals surface area contributed by atoms with Gasteiger partial charge in [-0.1, -0.05) is 78.4 Å². The summed E-state index contributed by atoms with van der Waals surface area (Å²) in [5.41, 5.74) is 4.36. The third-order valence-electron chi connectivity index (χ3n) is 5.99. The standard InChI is InChI=1S/C23H25N3O4S2.2Na/c1-16-6-8-17(9-7-16)10-12-20-13-11-18(14-23(20,31(24,27)28)32(25,29)30)22-21-5-3-2-4-19(21)15-26-22;;/h2-14,20,22,26H,15H2,1H3,(H2,24,27,28)(H2,25,29,30);;. The average molecular weight is 518 g/mol. The number of rotatable bonds is 5. The van der Waals surface area contributed by atoms with Gasteiger partial charge in [-0.15, -0.1) is 0 Å². The van der Waals surface area contributed by atoms with Crippen molar-refractivity contribution in [1.29, 1.82) is 0 Å². The normalized spacial score (nSPS) is 21.3. The molecule has 11 heteroatoms. The van der Waals surface area contributed by atoms with Gasteiger partial charge in [-0.25, -0.2) is 27.1 Å². The van der Waals surface area contributed by atoms with Gasteiger partial charge >= 0.3 is 0 Å². The smallest absolute Gasteiger partial charge is 0.235 e. The van der Waals surface area contributed by atoms with Gasteiger partial charge in [-0.3, -0.25) is 0 Å². The summed E-state index contributed by atoms with van der Waals surface area (Å²) >= 11 is 0. The molecule has 5 N–H and O–H groups in total. The SMILES string of the molecule is Cc1ccc(C=CC2C=CC(C3NCc4ccccc43)=CC2(S(N)(=O)=O)S(N)(=O)=O)cc1.[Na].[Na]. The summed E-state index contributed by atoms with van der Waals surface area (Å²) in [4.78, 5) is 0. The van der Waals surface area contributed by atoms with Crippen LogP contribution in [-0.2, 0) is 26.6 Å². The number of nitrogens with two attached hydrogens (primary N) is 2. The Morgan fingerprint density at radius 2 is 1.59 bits per heavy atom. The third-order valence-corrected chi connectivity index (χ3v) is 9.94. The second-order valence-electron chi connectivity index (χ2n) is 8.12. The van der Waals surface area contributed by atoms with Gasteiger partial charge in [0.15, 0.2) is 0 Å². The Morgan fingerprint density at radius 3 is 2.21 bits per heavy atom. The van der Waals surface area contributed by atoms with Crippen molar-refractivity contribution in [2.45, 2.75) is 23.6 Å². The first kappa shape index (κ1) is 29.7. The van der Waals surface area contributed by atoms with Crippen LogP contribution in [0.1, 0.15) is 28.3 Å². The number of fused-ring (bicyclic) bond motifs is 1. The van der Waals surface area contributed by atoms with E-state index in [2.05, 4.69) is 5.32 Å². The molecule has 1 aliphatic carbocycles. The van der Waals surface area contributed by atoms with Gasteiger partial charge < -0.3 is 5.32 Å². The first-order chi connectivity index (χ1) is 15.0. The number of allylic oxidation sites excluding steroid dienone is 2. The number of benzene rings is 2.